The van der Waals surface area contributed by atoms with Gasteiger partial charge in [-0.2, -0.15) is 0 Å². The lowest BCUT2D eigenvalue weighted by Gasteiger charge is -2.05. The van der Waals surface area contributed by atoms with Crippen molar-refractivity contribution in [3.8, 4) is 17.0 Å². The highest BCUT2D eigenvalue weighted by molar-refractivity contribution is 7.09. The van der Waals surface area contributed by atoms with E-state index in [0.29, 0.717) is 17.9 Å². The van der Waals surface area contributed by atoms with E-state index in [4.69, 9.17) is 10.5 Å². The van der Waals surface area contributed by atoms with Gasteiger partial charge in [-0.3, -0.25) is 0 Å². The zero-order valence-electron chi connectivity index (χ0n) is 10.1. The highest BCUT2D eigenvalue weighted by atomic mass is 32.1. The van der Waals surface area contributed by atoms with Gasteiger partial charge >= 0.3 is 0 Å². The van der Waals surface area contributed by atoms with Gasteiger partial charge in [0.05, 0.1) is 17.8 Å². The molecule has 5 heteroatoms. The van der Waals surface area contributed by atoms with Gasteiger partial charge in [0.2, 0.25) is 0 Å². The minimum atomic E-state index is -0.290. The second kappa shape index (κ2) is 5.93. The average Bonchev–Trinajstić information content (AvgIpc) is 2.85. The number of hydrogen-bond acceptors (Lipinski definition) is 4. The number of hydrogen-bond donors (Lipinski definition) is 1. The molecule has 0 atom stereocenters. The fourth-order valence-corrected chi connectivity index (χ4v) is 2.52. The molecule has 0 saturated carbocycles. The SMILES string of the molecule is COc1ccc(F)cc1-c1csc(CCCN)n1. The van der Waals surface area contributed by atoms with Crippen molar-refractivity contribution in [1.82, 2.24) is 4.98 Å². The summed E-state index contributed by atoms with van der Waals surface area (Å²) in [6, 6.07) is 4.44. The van der Waals surface area contributed by atoms with E-state index in [1.807, 2.05) is 5.38 Å². The van der Waals surface area contributed by atoms with E-state index in [-0.39, 0.29) is 5.82 Å². The molecule has 0 bridgehead atoms. The highest BCUT2D eigenvalue weighted by Gasteiger charge is 2.11. The second-order valence-corrected chi connectivity index (χ2v) is 4.81. The molecule has 96 valence electrons. The Morgan fingerprint density at radius 3 is 3.00 bits per heavy atom. The summed E-state index contributed by atoms with van der Waals surface area (Å²) in [5, 5.41) is 2.94. The zero-order chi connectivity index (χ0) is 13.0. The Bertz CT molecular complexity index is 527. The standard InChI is InChI=1S/C13H15FN2OS/c1-17-12-5-4-9(14)7-10(12)11-8-18-13(16-11)3-2-6-15/h4-5,7-8H,2-3,6,15H2,1H3. The first-order valence-electron chi connectivity index (χ1n) is 5.73. The van der Waals surface area contributed by atoms with Crippen LogP contribution in [0.4, 0.5) is 4.39 Å². The number of ether oxygens (including phenoxy) is 1. The molecule has 2 N–H and O–H groups in total. The first kappa shape index (κ1) is 13.0. The van der Waals surface area contributed by atoms with E-state index < -0.39 is 0 Å². The number of thiazole rings is 1. The van der Waals surface area contributed by atoms with Crippen LogP contribution in [0.5, 0.6) is 5.75 Å². The number of benzene rings is 1. The molecule has 0 saturated heterocycles. The summed E-state index contributed by atoms with van der Waals surface area (Å²) in [6.07, 6.45) is 1.77. The van der Waals surface area contributed by atoms with Crippen LogP contribution in [0.25, 0.3) is 11.3 Å². The molecule has 0 radical (unpaired) electrons. The van der Waals surface area contributed by atoms with Gasteiger partial charge in [0, 0.05) is 17.4 Å². The predicted molar refractivity (Wildman–Crippen MR) is 71.4 cm³/mol. The normalized spacial score (nSPS) is 10.6. The molecule has 0 aliphatic heterocycles. The van der Waals surface area contributed by atoms with Crippen LogP contribution in [0.3, 0.4) is 0 Å². The Kier molecular flexibility index (Phi) is 4.28. The lowest BCUT2D eigenvalue weighted by atomic mass is 10.1. The minimum absolute atomic E-state index is 0.290. The Morgan fingerprint density at radius 1 is 1.44 bits per heavy atom. The van der Waals surface area contributed by atoms with Crippen molar-refractivity contribution in [3.63, 3.8) is 0 Å². The third-order valence-corrected chi connectivity index (χ3v) is 3.49. The van der Waals surface area contributed by atoms with Crippen LogP contribution in [0.1, 0.15) is 11.4 Å². The van der Waals surface area contributed by atoms with Crippen LogP contribution >= 0.6 is 11.3 Å². The molecule has 2 rings (SSSR count). The van der Waals surface area contributed by atoms with Gasteiger partial charge in [-0.25, -0.2) is 9.37 Å². The molecule has 0 unspecified atom stereocenters. The Morgan fingerprint density at radius 2 is 2.28 bits per heavy atom. The third kappa shape index (κ3) is 2.86. The van der Waals surface area contributed by atoms with Crippen molar-refractivity contribution in [2.24, 2.45) is 5.73 Å². The molecule has 18 heavy (non-hydrogen) atoms. The van der Waals surface area contributed by atoms with E-state index in [2.05, 4.69) is 4.98 Å². The summed E-state index contributed by atoms with van der Waals surface area (Å²) in [7, 11) is 1.57. The van der Waals surface area contributed by atoms with Gasteiger partial charge in [-0.05, 0) is 31.2 Å². The predicted octanol–water partition coefficient (Wildman–Crippen LogP) is 2.85. The third-order valence-electron chi connectivity index (χ3n) is 2.58. The molecule has 1 aromatic heterocycles. The number of nitrogens with zero attached hydrogens (tertiary/aromatic N) is 1. The van der Waals surface area contributed by atoms with Gasteiger partial charge in [0.1, 0.15) is 11.6 Å². The van der Waals surface area contributed by atoms with Crippen molar-refractivity contribution in [3.05, 3.63) is 34.4 Å². The maximum atomic E-state index is 13.3. The van der Waals surface area contributed by atoms with Crippen molar-refractivity contribution in [2.45, 2.75) is 12.8 Å². The molecule has 0 spiro atoms. The summed E-state index contributed by atoms with van der Waals surface area (Å²) in [4.78, 5) is 4.48. The molecule has 1 aromatic carbocycles. The maximum absolute atomic E-state index is 13.3. The number of halogens is 1. The van der Waals surface area contributed by atoms with Crippen LogP contribution in [-0.2, 0) is 6.42 Å². The molecule has 3 nitrogen and oxygen atoms in total. The van der Waals surface area contributed by atoms with E-state index in [0.717, 1.165) is 23.5 Å². The molecule has 0 amide bonds. The molecule has 0 aliphatic carbocycles. The molecular weight excluding hydrogens is 251 g/mol. The largest absolute Gasteiger partial charge is 0.496 e. The summed E-state index contributed by atoms with van der Waals surface area (Å²) in [5.41, 5.74) is 6.91. The monoisotopic (exact) mass is 266 g/mol. The number of nitrogens with two attached hydrogens (primary N) is 1. The number of aryl methyl sites for hydroxylation is 1. The number of aromatic nitrogens is 1. The second-order valence-electron chi connectivity index (χ2n) is 3.86. The van der Waals surface area contributed by atoms with Crippen molar-refractivity contribution in [1.29, 1.82) is 0 Å². The van der Waals surface area contributed by atoms with E-state index in [1.165, 1.54) is 12.1 Å². The van der Waals surface area contributed by atoms with Gasteiger partial charge in [-0.1, -0.05) is 0 Å². The van der Waals surface area contributed by atoms with E-state index >= 15 is 0 Å². The fourth-order valence-electron chi connectivity index (χ4n) is 1.68. The summed E-state index contributed by atoms with van der Waals surface area (Å²) >= 11 is 1.56. The lowest BCUT2D eigenvalue weighted by molar-refractivity contribution is 0.415. The van der Waals surface area contributed by atoms with E-state index in [1.54, 1.807) is 24.5 Å². The average molecular weight is 266 g/mol. The van der Waals surface area contributed by atoms with Crippen molar-refractivity contribution < 1.29 is 9.13 Å². The van der Waals surface area contributed by atoms with Crippen LogP contribution < -0.4 is 10.5 Å². The van der Waals surface area contributed by atoms with Gasteiger partial charge in [0.15, 0.2) is 0 Å². The molecule has 0 fully saturated rings. The highest BCUT2D eigenvalue weighted by Crippen LogP contribution is 2.31. The van der Waals surface area contributed by atoms with Crippen molar-refractivity contribution in [2.75, 3.05) is 13.7 Å². The summed E-state index contributed by atoms with van der Waals surface area (Å²) in [6.45, 7) is 0.651. The van der Waals surface area contributed by atoms with E-state index in [9.17, 15) is 4.39 Å². The molecule has 1 heterocycles. The first-order chi connectivity index (χ1) is 8.74. The Hall–Kier alpha value is -1.46. The molecular formula is C13H15FN2OS. The summed E-state index contributed by atoms with van der Waals surface area (Å²) < 4.78 is 18.5. The quantitative estimate of drug-likeness (QED) is 0.905. The van der Waals surface area contributed by atoms with Gasteiger partial charge < -0.3 is 10.5 Å². The minimum Gasteiger partial charge on any atom is -0.496 e. The maximum Gasteiger partial charge on any atom is 0.128 e. The Balaban J connectivity index is 2.30. The molecule has 0 aliphatic rings. The van der Waals surface area contributed by atoms with Gasteiger partial charge in [-0.15, -0.1) is 11.3 Å². The fraction of sp³-hybridized carbons (Fsp3) is 0.308. The van der Waals surface area contributed by atoms with Crippen molar-refractivity contribution >= 4 is 11.3 Å². The van der Waals surface area contributed by atoms with Gasteiger partial charge in [0.25, 0.3) is 0 Å². The summed E-state index contributed by atoms with van der Waals surface area (Å²) in [5.74, 6) is 0.342. The topological polar surface area (TPSA) is 48.1 Å². The smallest absolute Gasteiger partial charge is 0.128 e. The zero-order valence-corrected chi connectivity index (χ0v) is 11.0. The number of methoxy groups -OCH3 is 1. The van der Waals surface area contributed by atoms with Crippen LogP contribution in [-0.4, -0.2) is 18.6 Å². The van der Waals surface area contributed by atoms with Crippen LogP contribution in [0, 0.1) is 5.82 Å². The first-order valence-corrected chi connectivity index (χ1v) is 6.61. The lowest BCUT2D eigenvalue weighted by Crippen LogP contribution is -2.00. The molecule has 2 aromatic rings. The Labute approximate surface area is 109 Å². The van der Waals surface area contributed by atoms with Crippen LogP contribution in [0.15, 0.2) is 23.6 Å². The van der Waals surface area contributed by atoms with Crippen LogP contribution in [0.2, 0.25) is 0 Å². The number of rotatable bonds is 5.